The van der Waals surface area contributed by atoms with Crippen molar-refractivity contribution in [1.29, 1.82) is 5.26 Å². The lowest BCUT2D eigenvalue weighted by molar-refractivity contribution is 0.0698. The summed E-state index contributed by atoms with van der Waals surface area (Å²) in [5.41, 5.74) is 4.25. The normalized spacial score (nSPS) is 14.1. The molecule has 0 saturated carbocycles. The second kappa shape index (κ2) is 9.06. The molecule has 0 aliphatic carbocycles. The molecule has 0 spiro atoms. The third-order valence-corrected chi connectivity index (χ3v) is 6.34. The predicted octanol–water partition coefficient (Wildman–Crippen LogP) is 3.94. The van der Waals surface area contributed by atoms with E-state index in [0.717, 1.165) is 29.9 Å². The number of imidazole rings is 1. The maximum absolute atomic E-state index is 11.7. The molecule has 0 bridgehead atoms. The lowest BCUT2D eigenvalue weighted by Gasteiger charge is -2.24. The molecule has 9 nitrogen and oxygen atoms in total. The van der Waals surface area contributed by atoms with Crippen LogP contribution in [0.1, 0.15) is 46.0 Å². The summed E-state index contributed by atoms with van der Waals surface area (Å²) in [6, 6.07) is 12.8. The first-order valence-electron chi connectivity index (χ1n) is 11.5. The number of fused-ring (bicyclic) bond motifs is 2. The number of hydrogen-bond acceptors (Lipinski definition) is 7. The second-order valence-corrected chi connectivity index (χ2v) is 8.72. The molecule has 5 rings (SSSR count). The number of aryl methyl sites for hydroxylation is 1. The molecular formula is C26H25N7O2. The van der Waals surface area contributed by atoms with Crippen LogP contribution in [0.3, 0.4) is 0 Å². The maximum Gasteiger partial charge on any atom is 0.337 e. The number of nitrogens with one attached hydrogen (secondary N) is 1. The van der Waals surface area contributed by atoms with E-state index in [1.807, 2.05) is 38.4 Å². The Kier molecular flexibility index (Phi) is 5.79. The first-order valence-corrected chi connectivity index (χ1v) is 11.5. The highest BCUT2D eigenvalue weighted by atomic mass is 16.4. The van der Waals surface area contributed by atoms with Crippen molar-refractivity contribution in [1.82, 2.24) is 19.5 Å². The summed E-state index contributed by atoms with van der Waals surface area (Å²) in [4.78, 5) is 27.9. The van der Waals surface area contributed by atoms with Crippen LogP contribution < -0.4 is 10.2 Å². The molecule has 35 heavy (non-hydrogen) atoms. The summed E-state index contributed by atoms with van der Waals surface area (Å²) in [5.74, 6) is 0.594. The quantitative estimate of drug-likeness (QED) is 0.453. The number of carboxylic acid groups (broad SMARTS) is 1. The number of rotatable bonds is 5. The zero-order chi connectivity index (χ0) is 24.5. The van der Waals surface area contributed by atoms with Gasteiger partial charge in [-0.3, -0.25) is 0 Å². The Hall–Kier alpha value is -4.45. The number of benzene rings is 2. The van der Waals surface area contributed by atoms with Crippen molar-refractivity contribution in [2.24, 2.45) is 0 Å². The van der Waals surface area contributed by atoms with Crippen LogP contribution in [0.2, 0.25) is 0 Å². The van der Waals surface area contributed by atoms with Gasteiger partial charge in [-0.25, -0.2) is 19.7 Å². The number of aromatic carboxylic acids is 1. The van der Waals surface area contributed by atoms with Crippen molar-refractivity contribution in [3.63, 3.8) is 0 Å². The smallest absolute Gasteiger partial charge is 0.337 e. The van der Waals surface area contributed by atoms with Gasteiger partial charge in [0.05, 0.1) is 22.6 Å². The molecule has 176 valence electrons. The van der Waals surface area contributed by atoms with Gasteiger partial charge in [0, 0.05) is 49.7 Å². The number of aromatic nitrogens is 4. The molecule has 0 radical (unpaired) electrons. The van der Waals surface area contributed by atoms with Gasteiger partial charge in [0.25, 0.3) is 0 Å². The molecule has 9 heteroatoms. The minimum absolute atomic E-state index is 0.205. The van der Waals surface area contributed by atoms with E-state index in [4.69, 9.17) is 4.98 Å². The molecule has 3 heterocycles. The van der Waals surface area contributed by atoms with Crippen molar-refractivity contribution in [2.45, 2.75) is 32.9 Å². The van der Waals surface area contributed by atoms with Crippen molar-refractivity contribution in [3.05, 3.63) is 77.0 Å². The molecule has 1 aliphatic heterocycles. The number of hydrogen-bond donors (Lipinski definition) is 2. The molecule has 0 amide bonds. The standard InChI is InChI=1S/C26H25N7O2/c1-16-13-19(17(2)29-20-6-4-3-5-18(20)26(34)35)24-21(14-16)30-22(15-27)25(31-24)33-9-7-23-28-8-10-32(23)11-12-33/h3-6,8,10,13-14,17,29H,7,9,11-12H2,1-2H3,(H,34,35)/t17-/m1/s1. The number of carboxylic acids is 1. The third-order valence-electron chi connectivity index (χ3n) is 6.34. The molecule has 0 saturated heterocycles. The van der Waals surface area contributed by atoms with Crippen LogP contribution in [-0.2, 0) is 13.0 Å². The van der Waals surface area contributed by atoms with Crippen LogP contribution in [0.5, 0.6) is 0 Å². The van der Waals surface area contributed by atoms with Gasteiger partial charge in [0.15, 0.2) is 11.5 Å². The van der Waals surface area contributed by atoms with Crippen molar-refractivity contribution in [2.75, 3.05) is 23.3 Å². The van der Waals surface area contributed by atoms with Crippen molar-refractivity contribution >= 4 is 28.5 Å². The van der Waals surface area contributed by atoms with E-state index >= 15 is 0 Å². The van der Waals surface area contributed by atoms with Gasteiger partial charge >= 0.3 is 5.97 Å². The molecule has 0 fully saturated rings. The van der Waals surface area contributed by atoms with E-state index in [-0.39, 0.29) is 11.6 Å². The average Bonchev–Trinajstić information content (AvgIpc) is 3.21. The summed E-state index contributed by atoms with van der Waals surface area (Å²) >= 11 is 0. The first-order chi connectivity index (χ1) is 16.9. The summed E-state index contributed by atoms with van der Waals surface area (Å²) < 4.78 is 2.13. The average molecular weight is 468 g/mol. The Morgan fingerprint density at radius 1 is 1.20 bits per heavy atom. The SMILES string of the molecule is Cc1cc([C@@H](C)Nc2ccccc2C(=O)O)c2nc(N3CCc4nccn4CC3)c(C#N)nc2c1. The Morgan fingerprint density at radius 3 is 2.83 bits per heavy atom. The van der Waals surface area contributed by atoms with Gasteiger partial charge in [-0.05, 0) is 37.6 Å². The number of carbonyl (C=O) groups is 1. The fraction of sp³-hybridized carbons (Fsp3) is 0.269. The first kappa shape index (κ1) is 22.3. The topological polar surface area (TPSA) is 120 Å². The molecular weight excluding hydrogens is 442 g/mol. The van der Waals surface area contributed by atoms with E-state index in [1.165, 1.54) is 0 Å². The number of nitriles is 1. The van der Waals surface area contributed by atoms with E-state index in [1.54, 1.807) is 24.3 Å². The van der Waals surface area contributed by atoms with E-state index in [2.05, 4.69) is 30.8 Å². The Morgan fingerprint density at radius 2 is 2.03 bits per heavy atom. The van der Waals surface area contributed by atoms with Gasteiger partial charge in [-0.2, -0.15) is 5.26 Å². The van der Waals surface area contributed by atoms with Gasteiger partial charge in [0.1, 0.15) is 11.9 Å². The molecule has 0 unspecified atom stereocenters. The zero-order valence-corrected chi connectivity index (χ0v) is 19.6. The Bertz CT molecular complexity index is 1450. The Labute approximate surface area is 202 Å². The van der Waals surface area contributed by atoms with E-state index in [0.29, 0.717) is 41.3 Å². The predicted molar refractivity (Wildman–Crippen MR) is 133 cm³/mol. The van der Waals surface area contributed by atoms with Crippen LogP contribution in [0.4, 0.5) is 11.5 Å². The minimum Gasteiger partial charge on any atom is -0.478 e. The summed E-state index contributed by atoms with van der Waals surface area (Å²) in [5, 5.41) is 22.8. The number of nitrogens with zero attached hydrogens (tertiary/aromatic N) is 6. The monoisotopic (exact) mass is 467 g/mol. The molecule has 1 atom stereocenters. The number of para-hydroxylation sites is 1. The molecule has 2 aromatic heterocycles. The largest absolute Gasteiger partial charge is 0.478 e. The Balaban J connectivity index is 1.55. The fourth-order valence-corrected chi connectivity index (χ4v) is 4.61. The molecule has 4 aromatic rings. The highest BCUT2D eigenvalue weighted by Gasteiger charge is 2.22. The molecule has 1 aliphatic rings. The second-order valence-electron chi connectivity index (χ2n) is 8.72. The summed E-state index contributed by atoms with van der Waals surface area (Å²) in [6.07, 6.45) is 4.54. The fourth-order valence-electron chi connectivity index (χ4n) is 4.61. The van der Waals surface area contributed by atoms with Crippen LogP contribution in [-0.4, -0.2) is 43.7 Å². The minimum atomic E-state index is -0.990. The van der Waals surface area contributed by atoms with Crippen LogP contribution in [0, 0.1) is 18.3 Å². The highest BCUT2D eigenvalue weighted by molar-refractivity contribution is 5.94. The maximum atomic E-state index is 11.7. The van der Waals surface area contributed by atoms with Crippen molar-refractivity contribution in [3.8, 4) is 6.07 Å². The third kappa shape index (κ3) is 4.26. The molecule has 2 N–H and O–H groups in total. The summed E-state index contributed by atoms with van der Waals surface area (Å²) in [7, 11) is 0. The van der Waals surface area contributed by atoms with Gasteiger partial charge < -0.3 is 19.9 Å². The van der Waals surface area contributed by atoms with Gasteiger partial charge in [-0.1, -0.05) is 18.2 Å². The van der Waals surface area contributed by atoms with Gasteiger partial charge in [0.2, 0.25) is 0 Å². The van der Waals surface area contributed by atoms with Crippen LogP contribution >= 0.6 is 0 Å². The zero-order valence-electron chi connectivity index (χ0n) is 19.6. The van der Waals surface area contributed by atoms with Crippen molar-refractivity contribution < 1.29 is 9.90 Å². The lowest BCUT2D eigenvalue weighted by Crippen LogP contribution is -2.29. The molecule has 2 aromatic carbocycles. The lowest BCUT2D eigenvalue weighted by atomic mass is 10.0. The number of anilines is 2. The van der Waals surface area contributed by atoms with Gasteiger partial charge in [-0.15, -0.1) is 0 Å². The summed E-state index contributed by atoms with van der Waals surface area (Å²) in [6.45, 7) is 6.08. The highest BCUT2D eigenvalue weighted by Crippen LogP contribution is 2.30. The van der Waals surface area contributed by atoms with Crippen LogP contribution in [0.25, 0.3) is 11.0 Å². The van der Waals surface area contributed by atoms with E-state index < -0.39 is 5.97 Å². The van der Waals surface area contributed by atoms with Crippen LogP contribution in [0.15, 0.2) is 48.8 Å². The van der Waals surface area contributed by atoms with E-state index in [9.17, 15) is 15.2 Å².